The van der Waals surface area contributed by atoms with Crippen molar-refractivity contribution in [3.05, 3.63) is 0 Å². The van der Waals surface area contributed by atoms with E-state index in [1.54, 1.807) is 0 Å². The van der Waals surface area contributed by atoms with Crippen molar-refractivity contribution >= 4 is 14.1 Å². The number of hydrogen-bond acceptors (Lipinski definition) is 2. The zero-order valence-corrected chi connectivity index (χ0v) is 20.1. The van der Waals surface area contributed by atoms with Crippen LogP contribution in [0.1, 0.15) is 85.5 Å². The second-order valence-corrected chi connectivity index (χ2v) is 17.8. The first-order valence-electron chi connectivity index (χ1n) is 12.2. The highest BCUT2D eigenvalue weighted by atomic mass is 28.4. The van der Waals surface area contributed by atoms with E-state index in [2.05, 4.69) is 40.8 Å². The Morgan fingerprint density at radius 3 is 2.14 bits per heavy atom. The molecule has 158 valence electrons. The summed E-state index contributed by atoms with van der Waals surface area (Å²) in [7, 11) is -1.69. The summed E-state index contributed by atoms with van der Waals surface area (Å²) >= 11 is 0. The minimum Gasteiger partial charge on any atom is -0.411 e. The molecule has 0 heterocycles. The molecule has 0 amide bonds. The first-order valence-corrected chi connectivity index (χ1v) is 15.1. The average Bonchev–Trinajstić information content (AvgIpc) is 3.24. The van der Waals surface area contributed by atoms with Gasteiger partial charge >= 0.3 is 0 Å². The molecule has 0 spiro atoms. The zero-order valence-electron chi connectivity index (χ0n) is 19.1. The molecule has 0 N–H and O–H groups in total. The fourth-order valence-corrected chi connectivity index (χ4v) is 9.92. The molecule has 0 aliphatic heterocycles. The van der Waals surface area contributed by atoms with Crippen molar-refractivity contribution in [1.82, 2.24) is 0 Å². The topological polar surface area (TPSA) is 26.3 Å². The molecule has 0 aromatic heterocycles. The Hall–Kier alpha value is -0.153. The van der Waals surface area contributed by atoms with E-state index in [4.69, 9.17) is 4.43 Å². The monoisotopic (exact) mass is 402 g/mol. The number of fused-ring (bicyclic) bond motifs is 7. The maximum atomic E-state index is 12.6. The summed E-state index contributed by atoms with van der Waals surface area (Å²) in [5.74, 6) is 5.75. The quantitative estimate of drug-likeness (QED) is 0.486. The fraction of sp³-hybridized carbons (Fsp3) is 0.960. The van der Waals surface area contributed by atoms with Crippen molar-refractivity contribution in [2.24, 2.45) is 40.9 Å². The van der Waals surface area contributed by atoms with E-state index in [1.165, 1.54) is 51.4 Å². The van der Waals surface area contributed by atoms with E-state index in [0.29, 0.717) is 16.7 Å². The first kappa shape index (κ1) is 19.8. The second kappa shape index (κ2) is 5.96. The van der Waals surface area contributed by atoms with Gasteiger partial charge in [0.15, 0.2) is 8.32 Å². The van der Waals surface area contributed by atoms with Crippen molar-refractivity contribution in [3.63, 3.8) is 0 Å². The molecule has 5 fully saturated rings. The third-order valence-corrected chi connectivity index (χ3v) is 15.4. The SMILES string of the molecule is CC(C)(C)[Si](C)(C)OC12CC[C@@H]3[C@H]4CC[C@]5(C)C(=O)CC[C@H]5[C@@H]4CC[C@@H]3C1C2. The zero-order chi connectivity index (χ0) is 20.1. The third-order valence-electron chi connectivity index (χ3n) is 10.9. The highest BCUT2D eigenvalue weighted by Gasteiger charge is 2.67. The second-order valence-electron chi connectivity index (χ2n) is 13.0. The van der Waals surface area contributed by atoms with Crippen LogP contribution in [0.5, 0.6) is 0 Å². The van der Waals surface area contributed by atoms with Crippen LogP contribution in [-0.2, 0) is 9.22 Å². The molecule has 0 aromatic carbocycles. The molecule has 28 heavy (non-hydrogen) atoms. The molecule has 5 saturated carbocycles. The van der Waals surface area contributed by atoms with Crippen molar-refractivity contribution < 1.29 is 9.22 Å². The largest absolute Gasteiger partial charge is 0.411 e. The summed E-state index contributed by atoms with van der Waals surface area (Å²) in [5.41, 5.74) is 0.293. The van der Waals surface area contributed by atoms with Gasteiger partial charge in [0.1, 0.15) is 5.78 Å². The lowest BCUT2D eigenvalue weighted by molar-refractivity contribution is -0.133. The molecule has 2 nitrogen and oxygen atoms in total. The Morgan fingerprint density at radius 2 is 1.50 bits per heavy atom. The van der Waals surface area contributed by atoms with Gasteiger partial charge in [0.25, 0.3) is 0 Å². The number of hydrogen-bond donors (Lipinski definition) is 0. The van der Waals surface area contributed by atoms with Gasteiger partial charge in [-0.05, 0) is 105 Å². The van der Waals surface area contributed by atoms with Crippen LogP contribution < -0.4 is 0 Å². The molecule has 5 aliphatic carbocycles. The smallest absolute Gasteiger partial charge is 0.192 e. The van der Waals surface area contributed by atoms with Crippen molar-refractivity contribution in [1.29, 1.82) is 0 Å². The van der Waals surface area contributed by atoms with Crippen molar-refractivity contribution in [2.75, 3.05) is 0 Å². The number of rotatable bonds is 2. The van der Waals surface area contributed by atoms with E-state index in [-0.39, 0.29) is 11.0 Å². The molecular formula is C25H42O2Si. The minimum atomic E-state index is -1.69. The standard InChI is InChI=1S/C25H42O2Si/c1-23(2,3)28(5,6)27-25-14-12-17-16-11-13-24(4)20(9-10-22(24)26)18(16)7-8-19(17)21(25)15-25/h16-21H,7-15H2,1-6H3/t16-,17-,18-,19+,20+,21?,24+,25?/m1/s1. The van der Waals surface area contributed by atoms with Crippen LogP contribution in [0.4, 0.5) is 0 Å². The van der Waals surface area contributed by atoms with E-state index < -0.39 is 8.32 Å². The van der Waals surface area contributed by atoms with Gasteiger partial charge in [0.05, 0.1) is 5.60 Å². The Morgan fingerprint density at radius 1 is 0.893 bits per heavy atom. The lowest BCUT2D eigenvalue weighted by atomic mass is 9.50. The summed E-state index contributed by atoms with van der Waals surface area (Å²) in [4.78, 5) is 12.6. The lowest BCUT2D eigenvalue weighted by Crippen LogP contribution is -2.51. The highest BCUT2D eigenvalue weighted by Crippen LogP contribution is 2.69. The van der Waals surface area contributed by atoms with Crippen molar-refractivity contribution in [2.45, 2.75) is 109 Å². The van der Waals surface area contributed by atoms with Crippen LogP contribution in [0.15, 0.2) is 0 Å². The highest BCUT2D eigenvalue weighted by molar-refractivity contribution is 6.74. The number of ketones is 1. The van der Waals surface area contributed by atoms with E-state index in [9.17, 15) is 4.79 Å². The van der Waals surface area contributed by atoms with Crippen molar-refractivity contribution in [3.8, 4) is 0 Å². The Bertz CT molecular complexity index is 679. The van der Waals surface area contributed by atoms with E-state index >= 15 is 0 Å². The van der Waals surface area contributed by atoms with Gasteiger partial charge in [-0.2, -0.15) is 0 Å². The first-order chi connectivity index (χ1) is 13.0. The molecule has 0 aromatic rings. The van der Waals surface area contributed by atoms with E-state index in [0.717, 1.165) is 36.0 Å². The molecule has 2 unspecified atom stereocenters. The molecule has 8 atom stereocenters. The maximum Gasteiger partial charge on any atom is 0.192 e. The van der Waals surface area contributed by atoms with Gasteiger partial charge in [0, 0.05) is 11.8 Å². The Labute approximate surface area is 173 Å². The Balaban J connectivity index is 1.32. The number of carbonyl (C=O) groups excluding carboxylic acids is 1. The maximum absolute atomic E-state index is 12.6. The summed E-state index contributed by atoms with van der Waals surface area (Å²) in [6.07, 6.45) is 11.4. The number of carbonyl (C=O) groups is 1. The van der Waals surface area contributed by atoms with Gasteiger partial charge in [-0.1, -0.05) is 27.7 Å². The van der Waals surface area contributed by atoms with Gasteiger partial charge < -0.3 is 4.43 Å². The predicted molar refractivity (Wildman–Crippen MR) is 117 cm³/mol. The van der Waals surface area contributed by atoms with Gasteiger partial charge in [0.2, 0.25) is 0 Å². The summed E-state index contributed by atoms with van der Waals surface area (Å²) in [6, 6.07) is 0. The molecule has 0 bridgehead atoms. The normalized spacial score (nSPS) is 50.4. The molecular weight excluding hydrogens is 360 g/mol. The van der Waals surface area contributed by atoms with Crippen LogP contribution >= 0.6 is 0 Å². The van der Waals surface area contributed by atoms with Gasteiger partial charge in [-0.25, -0.2) is 0 Å². The Kier molecular flexibility index (Phi) is 4.21. The third kappa shape index (κ3) is 2.63. The minimum absolute atomic E-state index is 0.0391. The summed E-state index contributed by atoms with van der Waals surface area (Å²) < 4.78 is 7.08. The molecule has 3 heteroatoms. The van der Waals surface area contributed by atoms with Gasteiger partial charge in [-0.15, -0.1) is 0 Å². The van der Waals surface area contributed by atoms with Crippen LogP contribution in [0, 0.1) is 40.9 Å². The van der Waals surface area contributed by atoms with Crippen LogP contribution in [-0.4, -0.2) is 19.7 Å². The molecule has 5 aliphatic rings. The van der Waals surface area contributed by atoms with E-state index in [1.807, 2.05) is 0 Å². The molecule has 0 saturated heterocycles. The average molecular weight is 403 g/mol. The van der Waals surface area contributed by atoms with Crippen LogP contribution in [0.3, 0.4) is 0 Å². The van der Waals surface area contributed by atoms with Gasteiger partial charge in [-0.3, -0.25) is 4.79 Å². The molecule has 0 radical (unpaired) electrons. The van der Waals surface area contributed by atoms with Crippen LogP contribution in [0.25, 0.3) is 0 Å². The molecule has 5 rings (SSSR count). The predicted octanol–water partition coefficient (Wildman–Crippen LogP) is 6.60. The summed E-state index contributed by atoms with van der Waals surface area (Å²) in [5, 5.41) is 0.312. The summed E-state index contributed by atoms with van der Waals surface area (Å²) in [6.45, 7) is 14.3. The van der Waals surface area contributed by atoms with Crippen LogP contribution in [0.2, 0.25) is 18.1 Å². The number of Topliss-reactive ketones (excluding diaryl/α,β-unsaturated/α-hetero) is 1. The fourth-order valence-electron chi connectivity index (χ4n) is 8.26. The lowest BCUT2D eigenvalue weighted by Gasteiger charge is -2.55.